The number of imidazole rings is 1. The Hall–Kier alpha value is -2.29. The van der Waals surface area contributed by atoms with E-state index in [-0.39, 0.29) is 0 Å². The summed E-state index contributed by atoms with van der Waals surface area (Å²) in [7, 11) is 0. The molecule has 0 saturated heterocycles. The highest BCUT2D eigenvalue weighted by Crippen LogP contribution is 2.19. The highest BCUT2D eigenvalue weighted by Gasteiger charge is 1.99. The van der Waals surface area contributed by atoms with Gasteiger partial charge in [-0.15, -0.1) is 0 Å². The van der Waals surface area contributed by atoms with Gasteiger partial charge in [-0.05, 0) is 23.6 Å². The van der Waals surface area contributed by atoms with E-state index in [9.17, 15) is 0 Å². The van der Waals surface area contributed by atoms with Crippen LogP contribution >= 0.6 is 0 Å². The van der Waals surface area contributed by atoms with Gasteiger partial charge in [-0.3, -0.25) is 0 Å². The Morgan fingerprint density at radius 1 is 1.29 bits per heavy atom. The monoisotopic (exact) mass is 226 g/mol. The smallest absolute Gasteiger partial charge is 0.0986 e. The van der Waals surface area contributed by atoms with Crippen LogP contribution in [0, 0.1) is 0 Å². The number of aromatic nitrogens is 2. The van der Waals surface area contributed by atoms with Crippen LogP contribution in [0.15, 0.2) is 61.4 Å². The summed E-state index contributed by atoms with van der Waals surface area (Å²) in [4.78, 5) is 4.00. The first kappa shape index (κ1) is 11.2. The summed E-state index contributed by atoms with van der Waals surface area (Å²) < 4.78 is 1.90. The minimum Gasteiger partial charge on any atom is -0.516 e. The Balaban J connectivity index is 2.32. The van der Waals surface area contributed by atoms with Crippen molar-refractivity contribution in [2.45, 2.75) is 6.42 Å². The lowest BCUT2D eigenvalue weighted by molar-refractivity contribution is 0.472. The van der Waals surface area contributed by atoms with Crippen LogP contribution in [0.3, 0.4) is 0 Å². The molecule has 1 aromatic heterocycles. The third-order valence-corrected chi connectivity index (χ3v) is 2.42. The van der Waals surface area contributed by atoms with E-state index in [1.807, 2.05) is 47.3 Å². The fraction of sp³-hybridized carbons (Fsp3) is 0.0714. The van der Waals surface area contributed by atoms with E-state index in [0.29, 0.717) is 6.42 Å². The van der Waals surface area contributed by atoms with Crippen LogP contribution in [-0.2, 0) is 0 Å². The van der Waals surface area contributed by atoms with Crippen molar-refractivity contribution >= 4 is 11.8 Å². The molecular weight excluding hydrogens is 212 g/mol. The first-order valence-corrected chi connectivity index (χ1v) is 5.43. The molecule has 0 fully saturated rings. The number of benzene rings is 1. The number of aliphatic hydroxyl groups is 1. The number of hydrogen-bond acceptors (Lipinski definition) is 2. The first-order chi connectivity index (χ1) is 8.40. The van der Waals surface area contributed by atoms with Crippen molar-refractivity contribution in [3.8, 4) is 0 Å². The predicted molar refractivity (Wildman–Crippen MR) is 69.2 cm³/mol. The minimum atomic E-state index is 0.679. The number of nitrogens with zero attached hydrogens (tertiary/aromatic N) is 2. The molecule has 0 unspecified atom stereocenters. The van der Waals surface area contributed by atoms with Gasteiger partial charge in [0.1, 0.15) is 0 Å². The highest BCUT2D eigenvalue weighted by atomic mass is 16.2. The van der Waals surface area contributed by atoms with E-state index < -0.39 is 0 Å². The van der Waals surface area contributed by atoms with Crippen LogP contribution in [0.4, 0.5) is 0 Å². The second kappa shape index (κ2) is 5.70. The molecule has 17 heavy (non-hydrogen) atoms. The fourth-order valence-corrected chi connectivity index (χ4v) is 1.60. The van der Waals surface area contributed by atoms with Gasteiger partial charge in [0.2, 0.25) is 0 Å². The van der Waals surface area contributed by atoms with Crippen LogP contribution in [0.25, 0.3) is 11.8 Å². The quantitative estimate of drug-likeness (QED) is 0.812. The van der Waals surface area contributed by atoms with Crippen LogP contribution in [0.5, 0.6) is 0 Å². The molecule has 86 valence electrons. The summed E-state index contributed by atoms with van der Waals surface area (Å²) in [5, 5.41) is 8.76. The molecule has 0 aliphatic carbocycles. The largest absolute Gasteiger partial charge is 0.516 e. The van der Waals surface area contributed by atoms with Gasteiger partial charge in [-0.1, -0.05) is 30.3 Å². The second-order valence-corrected chi connectivity index (χ2v) is 3.62. The van der Waals surface area contributed by atoms with Crippen molar-refractivity contribution in [2.24, 2.45) is 0 Å². The maximum atomic E-state index is 8.76. The maximum Gasteiger partial charge on any atom is 0.0986 e. The molecule has 0 radical (unpaired) electrons. The van der Waals surface area contributed by atoms with E-state index in [1.165, 1.54) is 0 Å². The predicted octanol–water partition coefficient (Wildman–Crippen LogP) is 3.34. The summed E-state index contributed by atoms with van der Waals surface area (Å²) in [5.74, 6) is 0. The minimum absolute atomic E-state index is 0.679. The number of rotatable bonds is 4. The molecule has 1 heterocycles. The number of hydrogen-bond donors (Lipinski definition) is 1. The van der Waals surface area contributed by atoms with Crippen molar-refractivity contribution in [3.63, 3.8) is 0 Å². The Kier molecular flexibility index (Phi) is 3.76. The topological polar surface area (TPSA) is 38.0 Å². The Labute approximate surface area is 100 Å². The van der Waals surface area contributed by atoms with Gasteiger partial charge in [0.25, 0.3) is 0 Å². The zero-order valence-electron chi connectivity index (χ0n) is 9.40. The van der Waals surface area contributed by atoms with Crippen LogP contribution < -0.4 is 0 Å². The molecule has 0 aliphatic heterocycles. The van der Waals surface area contributed by atoms with E-state index >= 15 is 0 Å². The lowest BCUT2D eigenvalue weighted by Crippen LogP contribution is -1.87. The van der Waals surface area contributed by atoms with Gasteiger partial charge < -0.3 is 9.67 Å². The molecule has 2 rings (SSSR count). The summed E-state index contributed by atoms with van der Waals surface area (Å²) in [6, 6.07) is 10.1. The van der Waals surface area contributed by atoms with Crippen molar-refractivity contribution in [1.29, 1.82) is 0 Å². The van der Waals surface area contributed by atoms with Crippen molar-refractivity contribution in [2.75, 3.05) is 0 Å². The van der Waals surface area contributed by atoms with E-state index in [1.54, 1.807) is 18.6 Å². The lowest BCUT2D eigenvalue weighted by atomic mass is 10.0. The average Bonchev–Trinajstić information content (AvgIpc) is 2.88. The molecule has 0 aliphatic rings. The van der Waals surface area contributed by atoms with Gasteiger partial charge in [0.05, 0.1) is 12.6 Å². The molecule has 1 aromatic carbocycles. The Bertz CT molecular complexity index is 498. The third-order valence-electron chi connectivity index (χ3n) is 2.42. The SMILES string of the molecule is OC=CCC(=Cn1ccnc1)c1ccccc1. The molecule has 0 atom stereocenters. The molecule has 2 aromatic rings. The van der Waals surface area contributed by atoms with E-state index in [2.05, 4.69) is 4.98 Å². The number of allylic oxidation sites excluding steroid dienone is 2. The third kappa shape index (κ3) is 3.08. The molecule has 0 amide bonds. The molecule has 3 heteroatoms. The van der Waals surface area contributed by atoms with Crippen LogP contribution in [-0.4, -0.2) is 14.7 Å². The maximum absolute atomic E-state index is 8.76. The van der Waals surface area contributed by atoms with Gasteiger partial charge >= 0.3 is 0 Å². The molecule has 3 nitrogen and oxygen atoms in total. The Morgan fingerprint density at radius 3 is 2.76 bits per heavy atom. The van der Waals surface area contributed by atoms with Gasteiger partial charge in [0.15, 0.2) is 0 Å². The average molecular weight is 226 g/mol. The van der Waals surface area contributed by atoms with E-state index in [0.717, 1.165) is 17.4 Å². The van der Waals surface area contributed by atoms with Gasteiger partial charge in [0, 0.05) is 18.6 Å². The van der Waals surface area contributed by atoms with Crippen LogP contribution in [0.1, 0.15) is 12.0 Å². The van der Waals surface area contributed by atoms with Crippen LogP contribution in [0.2, 0.25) is 0 Å². The van der Waals surface area contributed by atoms with Crippen molar-refractivity contribution in [1.82, 2.24) is 9.55 Å². The van der Waals surface area contributed by atoms with Gasteiger partial charge in [-0.2, -0.15) is 0 Å². The molecule has 1 N–H and O–H groups in total. The van der Waals surface area contributed by atoms with E-state index in [4.69, 9.17) is 5.11 Å². The van der Waals surface area contributed by atoms with Gasteiger partial charge in [-0.25, -0.2) is 4.98 Å². The zero-order valence-corrected chi connectivity index (χ0v) is 9.40. The highest BCUT2D eigenvalue weighted by molar-refractivity contribution is 5.76. The summed E-state index contributed by atoms with van der Waals surface area (Å²) in [6.07, 6.45) is 10.8. The second-order valence-electron chi connectivity index (χ2n) is 3.62. The normalized spacial score (nSPS) is 12.1. The molecule has 0 spiro atoms. The lowest BCUT2D eigenvalue weighted by Gasteiger charge is -2.05. The number of aliphatic hydroxyl groups excluding tert-OH is 1. The fourth-order valence-electron chi connectivity index (χ4n) is 1.60. The molecule has 0 bridgehead atoms. The molecule has 0 saturated carbocycles. The summed E-state index contributed by atoms with van der Waals surface area (Å²) in [6.45, 7) is 0. The zero-order chi connectivity index (χ0) is 11.9. The van der Waals surface area contributed by atoms with Crippen molar-refractivity contribution in [3.05, 3.63) is 67.0 Å². The standard InChI is InChI=1S/C14H14N2O/c17-10-4-7-14(11-16-9-8-15-12-16)13-5-2-1-3-6-13/h1-6,8-12,17H,7H2. The molecular formula is C14H14N2O. The van der Waals surface area contributed by atoms with Crippen molar-refractivity contribution < 1.29 is 5.11 Å². The summed E-state index contributed by atoms with van der Waals surface area (Å²) in [5.41, 5.74) is 2.26. The summed E-state index contributed by atoms with van der Waals surface area (Å²) >= 11 is 0. The Morgan fingerprint density at radius 2 is 2.12 bits per heavy atom. The first-order valence-electron chi connectivity index (χ1n) is 5.43.